The molecule has 0 aromatic heterocycles. The molecule has 5 heteroatoms. The first kappa shape index (κ1) is 14.9. The van der Waals surface area contributed by atoms with Crippen LogP contribution < -0.4 is 15.4 Å². The van der Waals surface area contributed by atoms with Crippen molar-refractivity contribution in [2.24, 2.45) is 5.92 Å². The number of ether oxygens (including phenoxy) is 1. The lowest BCUT2D eigenvalue weighted by atomic mass is 10.0. The maximum absolute atomic E-state index is 12.0. The summed E-state index contributed by atoms with van der Waals surface area (Å²) in [5.74, 6) is 1.13. The molecule has 1 aromatic carbocycles. The first-order valence-corrected chi connectivity index (χ1v) is 8.07. The van der Waals surface area contributed by atoms with E-state index in [1.54, 1.807) is 18.2 Å². The minimum absolute atomic E-state index is 0.0156. The van der Waals surface area contributed by atoms with E-state index in [1.807, 2.05) is 0 Å². The van der Waals surface area contributed by atoms with Crippen molar-refractivity contribution < 1.29 is 14.3 Å². The molecule has 1 heterocycles. The van der Waals surface area contributed by atoms with Crippen molar-refractivity contribution in [2.75, 3.05) is 18.5 Å². The van der Waals surface area contributed by atoms with Crippen LogP contribution in [0.4, 0.5) is 5.69 Å². The van der Waals surface area contributed by atoms with Crippen molar-refractivity contribution in [1.82, 2.24) is 5.32 Å². The number of anilines is 1. The minimum atomic E-state index is -0.158. The van der Waals surface area contributed by atoms with Crippen molar-refractivity contribution in [3.8, 4) is 5.75 Å². The number of rotatable bonds is 4. The van der Waals surface area contributed by atoms with Gasteiger partial charge in [0.15, 0.2) is 0 Å². The zero-order valence-electron chi connectivity index (χ0n) is 12.7. The molecule has 0 atom stereocenters. The fraction of sp³-hybridized carbons (Fsp3) is 0.529. The summed E-state index contributed by atoms with van der Waals surface area (Å²) in [6.45, 7) is 0.961. The lowest BCUT2D eigenvalue weighted by Crippen LogP contribution is -2.24. The number of benzene rings is 1. The van der Waals surface area contributed by atoms with Crippen LogP contribution in [0, 0.1) is 5.92 Å². The number of amides is 2. The summed E-state index contributed by atoms with van der Waals surface area (Å²) in [4.78, 5) is 24.0. The summed E-state index contributed by atoms with van der Waals surface area (Å²) >= 11 is 0. The number of nitrogens with one attached hydrogen (secondary N) is 2. The molecule has 0 spiro atoms. The maximum Gasteiger partial charge on any atom is 0.255 e. The molecule has 2 aliphatic rings. The zero-order chi connectivity index (χ0) is 15.4. The number of carbonyl (C=O) groups is 2. The molecule has 1 aliphatic heterocycles. The number of hydrogen-bond acceptors (Lipinski definition) is 3. The molecule has 118 valence electrons. The third kappa shape index (κ3) is 3.59. The molecule has 5 nitrogen and oxygen atoms in total. The molecule has 0 unspecified atom stereocenters. The van der Waals surface area contributed by atoms with E-state index >= 15 is 0 Å². The Bertz CT molecular complexity index is 565. The van der Waals surface area contributed by atoms with Gasteiger partial charge in [-0.25, -0.2) is 0 Å². The maximum atomic E-state index is 12.0. The second-order valence-corrected chi connectivity index (χ2v) is 6.05. The molecule has 0 saturated heterocycles. The Morgan fingerprint density at radius 3 is 2.95 bits per heavy atom. The third-order valence-corrected chi connectivity index (χ3v) is 4.41. The highest BCUT2D eigenvalue weighted by atomic mass is 16.5. The van der Waals surface area contributed by atoms with E-state index < -0.39 is 0 Å². The van der Waals surface area contributed by atoms with E-state index in [-0.39, 0.29) is 11.8 Å². The average molecular weight is 302 g/mol. The van der Waals surface area contributed by atoms with Crippen molar-refractivity contribution in [3.63, 3.8) is 0 Å². The third-order valence-electron chi connectivity index (χ3n) is 4.41. The van der Waals surface area contributed by atoms with Gasteiger partial charge in [-0.15, -0.1) is 0 Å². The summed E-state index contributed by atoms with van der Waals surface area (Å²) in [7, 11) is 0. The topological polar surface area (TPSA) is 67.4 Å². The van der Waals surface area contributed by atoms with Gasteiger partial charge in [0.25, 0.3) is 5.91 Å². The minimum Gasteiger partial charge on any atom is -0.491 e. The highest BCUT2D eigenvalue weighted by Crippen LogP contribution is 2.29. The van der Waals surface area contributed by atoms with Crippen LogP contribution in [0.2, 0.25) is 0 Å². The first-order valence-electron chi connectivity index (χ1n) is 8.07. The van der Waals surface area contributed by atoms with E-state index in [1.165, 1.54) is 25.7 Å². The van der Waals surface area contributed by atoms with Gasteiger partial charge < -0.3 is 15.4 Å². The normalized spacial score (nSPS) is 18.1. The van der Waals surface area contributed by atoms with Crippen molar-refractivity contribution >= 4 is 17.5 Å². The molecule has 3 rings (SSSR count). The Balaban J connectivity index is 1.60. The SMILES string of the molecule is O=C(CCC1CCCC1)Nc1ccc2c(c1)C(=O)NCCO2. The summed E-state index contributed by atoms with van der Waals surface area (Å²) in [5.41, 5.74) is 1.13. The molecule has 22 heavy (non-hydrogen) atoms. The van der Waals surface area contributed by atoms with Gasteiger partial charge in [-0.1, -0.05) is 25.7 Å². The highest BCUT2D eigenvalue weighted by Gasteiger charge is 2.18. The summed E-state index contributed by atoms with van der Waals surface area (Å²) in [6.07, 6.45) is 6.61. The molecule has 1 aliphatic carbocycles. The Kier molecular flexibility index (Phi) is 4.61. The largest absolute Gasteiger partial charge is 0.491 e. The van der Waals surface area contributed by atoms with Gasteiger partial charge in [-0.2, -0.15) is 0 Å². The van der Waals surface area contributed by atoms with Gasteiger partial charge in [0, 0.05) is 12.1 Å². The fourth-order valence-electron chi connectivity index (χ4n) is 3.19. The monoisotopic (exact) mass is 302 g/mol. The molecule has 2 N–H and O–H groups in total. The molecule has 1 aromatic rings. The number of hydrogen-bond donors (Lipinski definition) is 2. The Hall–Kier alpha value is -2.04. The smallest absolute Gasteiger partial charge is 0.255 e. The molecule has 0 radical (unpaired) electrons. The van der Waals surface area contributed by atoms with E-state index in [0.717, 1.165) is 6.42 Å². The molecule has 1 saturated carbocycles. The van der Waals surface area contributed by atoms with Gasteiger partial charge in [-0.05, 0) is 30.5 Å². The van der Waals surface area contributed by atoms with Crippen LogP contribution in [0.15, 0.2) is 18.2 Å². The Labute approximate surface area is 130 Å². The van der Waals surface area contributed by atoms with Crippen molar-refractivity contribution in [3.05, 3.63) is 23.8 Å². The average Bonchev–Trinajstić information content (AvgIpc) is 2.97. The predicted molar refractivity (Wildman–Crippen MR) is 84.1 cm³/mol. The van der Waals surface area contributed by atoms with Crippen LogP contribution in [-0.4, -0.2) is 25.0 Å². The quantitative estimate of drug-likeness (QED) is 0.898. The highest BCUT2D eigenvalue weighted by molar-refractivity contribution is 5.99. The van der Waals surface area contributed by atoms with Crippen LogP contribution in [0.5, 0.6) is 5.75 Å². The standard InChI is InChI=1S/C17H22N2O3/c20-16(8-5-12-3-1-2-4-12)19-13-6-7-15-14(11-13)17(21)18-9-10-22-15/h6-7,11-12H,1-5,8-10H2,(H,18,21)(H,19,20). The van der Waals surface area contributed by atoms with Gasteiger partial charge in [-0.3, -0.25) is 9.59 Å². The van der Waals surface area contributed by atoms with Gasteiger partial charge in [0.1, 0.15) is 12.4 Å². The van der Waals surface area contributed by atoms with Gasteiger partial charge in [0.05, 0.1) is 12.1 Å². The lowest BCUT2D eigenvalue weighted by molar-refractivity contribution is -0.116. The van der Waals surface area contributed by atoms with Crippen LogP contribution in [-0.2, 0) is 4.79 Å². The molecule has 2 amide bonds. The second-order valence-electron chi connectivity index (χ2n) is 6.05. The Morgan fingerprint density at radius 1 is 1.32 bits per heavy atom. The summed E-state index contributed by atoms with van der Waals surface area (Å²) in [6, 6.07) is 5.21. The van der Waals surface area contributed by atoms with Gasteiger partial charge in [0.2, 0.25) is 5.91 Å². The molecular weight excluding hydrogens is 280 g/mol. The predicted octanol–water partition coefficient (Wildman–Crippen LogP) is 2.72. The van der Waals surface area contributed by atoms with Crippen molar-refractivity contribution in [1.29, 1.82) is 0 Å². The molecular formula is C17H22N2O3. The zero-order valence-corrected chi connectivity index (χ0v) is 12.7. The van der Waals surface area contributed by atoms with Crippen LogP contribution in [0.1, 0.15) is 48.9 Å². The van der Waals surface area contributed by atoms with Crippen LogP contribution in [0.25, 0.3) is 0 Å². The van der Waals surface area contributed by atoms with Gasteiger partial charge >= 0.3 is 0 Å². The lowest BCUT2D eigenvalue weighted by Gasteiger charge is -2.11. The molecule has 1 fully saturated rings. The van der Waals surface area contributed by atoms with E-state index in [0.29, 0.717) is 42.5 Å². The summed E-state index contributed by atoms with van der Waals surface area (Å²) in [5, 5.41) is 5.65. The number of fused-ring (bicyclic) bond motifs is 1. The number of carbonyl (C=O) groups excluding carboxylic acids is 2. The van der Waals surface area contributed by atoms with E-state index in [2.05, 4.69) is 10.6 Å². The summed E-state index contributed by atoms with van der Waals surface area (Å²) < 4.78 is 5.50. The first-order chi connectivity index (χ1) is 10.7. The van der Waals surface area contributed by atoms with E-state index in [9.17, 15) is 9.59 Å². The van der Waals surface area contributed by atoms with Crippen LogP contribution >= 0.6 is 0 Å². The fourth-order valence-corrected chi connectivity index (χ4v) is 3.19. The van der Waals surface area contributed by atoms with Crippen molar-refractivity contribution in [2.45, 2.75) is 38.5 Å². The van der Waals surface area contributed by atoms with E-state index in [4.69, 9.17) is 4.74 Å². The Morgan fingerprint density at radius 2 is 2.14 bits per heavy atom. The second kappa shape index (κ2) is 6.81. The molecule has 0 bridgehead atoms. The van der Waals surface area contributed by atoms with Crippen LogP contribution in [0.3, 0.4) is 0 Å².